The van der Waals surface area contributed by atoms with Crippen LogP contribution < -0.4 is 0 Å². The van der Waals surface area contributed by atoms with E-state index in [1.54, 1.807) is 12.3 Å². The fraction of sp³-hybridized carbons (Fsp3) is 0.316. The number of benzene rings is 1. The third-order valence-electron chi connectivity index (χ3n) is 4.28. The highest BCUT2D eigenvalue weighted by atomic mass is 35.5. The third-order valence-corrected chi connectivity index (χ3v) is 5.43. The molecule has 0 saturated carbocycles. The van der Waals surface area contributed by atoms with Gasteiger partial charge in [0.05, 0.1) is 29.3 Å². The van der Waals surface area contributed by atoms with E-state index in [0.29, 0.717) is 5.69 Å². The number of aromatic nitrogens is 1. The summed E-state index contributed by atoms with van der Waals surface area (Å²) in [6.07, 6.45) is -1.29. The number of aliphatic hydroxyl groups is 1. The molecule has 0 spiro atoms. The Bertz CT molecular complexity index is 868. The predicted molar refractivity (Wildman–Crippen MR) is 103 cm³/mol. The molecule has 3 atom stereocenters. The van der Waals surface area contributed by atoms with Crippen LogP contribution in [0, 0.1) is 6.92 Å². The number of nitrogens with zero attached hydrogens (tertiary/aromatic N) is 2. The minimum Gasteiger partial charge on any atom is -0.439 e. The Kier molecular flexibility index (Phi) is 5.94. The molecule has 1 N–H and O–H groups in total. The van der Waals surface area contributed by atoms with Gasteiger partial charge in [-0.15, -0.1) is 11.3 Å². The van der Waals surface area contributed by atoms with E-state index in [-0.39, 0.29) is 11.5 Å². The van der Waals surface area contributed by atoms with E-state index in [0.717, 1.165) is 15.5 Å². The zero-order valence-corrected chi connectivity index (χ0v) is 16.4. The number of aryl methyl sites for hydroxylation is 1. The Balaban J connectivity index is 1.68. The highest BCUT2D eigenvalue weighted by Gasteiger charge is 2.43. The van der Waals surface area contributed by atoms with Gasteiger partial charge in [-0.05, 0) is 25.5 Å². The second-order valence-electron chi connectivity index (χ2n) is 6.26. The number of hydrogen-bond donors (Lipinski definition) is 1. The average Bonchev–Trinajstić information content (AvgIpc) is 3.17. The maximum absolute atomic E-state index is 12.6. The summed E-state index contributed by atoms with van der Waals surface area (Å²) in [6.45, 7) is 3.60. The van der Waals surface area contributed by atoms with Crippen molar-refractivity contribution < 1.29 is 19.4 Å². The van der Waals surface area contributed by atoms with Crippen molar-refractivity contribution in [3.05, 3.63) is 57.0 Å². The zero-order valence-electron chi connectivity index (χ0n) is 14.8. The largest absolute Gasteiger partial charge is 0.439 e. The molecule has 142 valence electrons. The first-order chi connectivity index (χ1) is 12.9. The smallest absolute Gasteiger partial charge is 0.417 e. The normalized spacial score (nSPS) is 21.3. The number of imide groups is 1. The molecule has 1 aliphatic heterocycles. The van der Waals surface area contributed by atoms with Crippen molar-refractivity contribution in [2.45, 2.75) is 38.5 Å². The van der Waals surface area contributed by atoms with Gasteiger partial charge in [0.2, 0.25) is 5.91 Å². The van der Waals surface area contributed by atoms with Gasteiger partial charge in [-0.3, -0.25) is 4.79 Å². The first kappa shape index (κ1) is 19.5. The Labute approximate surface area is 166 Å². The first-order valence-corrected chi connectivity index (χ1v) is 9.67. The van der Waals surface area contributed by atoms with Gasteiger partial charge in [-0.25, -0.2) is 14.7 Å². The number of rotatable bonds is 5. The molecular weight excluding hydrogens is 388 g/mol. The third kappa shape index (κ3) is 4.37. The van der Waals surface area contributed by atoms with Gasteiger partial charge < -0.3 is 9.84 Å². The fourth-order valence-electron chi connectivity index (χ4n) is 2.93. The second-order valence-corrected chi connectivity index (χ2v) is 7.76. The van der Waals surface area contributed by atoms with Gasteiger partial charge in [0.15, 0.2) is 0 Å². The molecule has 1 aromatic carbocycles. The standard InChI is InChI=1S/C19H19ClN2O4S/c1-11-18(13-6-4-3-5-7-13)26-19(25)22(11)17(24)9-16(23)15(20)8-14-10-27-12(2)21-14/h3-8,10-11,16,18,23H,9H2,1-2H3/t11-,16-,18-/m0/s1. The molecule has 1 fully saturated rings. The Morgan fingerprint density at radius 1 is 1.44 bits per heavy atom. The molecule has 0 unspecified atom stereocenters. The SMILES string of the molecule is Cc1nc(C=C(Cl)[C@@H](O)CC(=O)N2C(=O)O[C@H](c3ccccc3)[C@@H]2C)cs1. The Morgan fingerprint density at radius 3 is 2.78 bits per heavy atom. The van der Waals surface area contributed by atoms with E-state index in [2.05, 4.69) is 4.98 Å². The highest BCUT2D eigenvalue weighted by molar-refractivity contribution is 7.09. The van der Waals surface area contributed by atoms with E-state index >= 15 is 0 Å². The summed E-state index contributed by atoms with van der Waals surface area (Å²) in [7, 11) is 0. The molecule has 6 nitrogen and oxygen atoms in total. The monoisotopic (exact) mass is 406 g/mol. The topological polar surface area (TPSA) is 79.7 Å². The lowest BCUT2D eigenvalue weighted by Crippen LogP contribution is -2.39. The minimum atomic E-state index is -1.23. The van der Waals surface area contributed by atoms with Gasteiger partial charge in [0.1, 0.15) is 6.10 Å². The lowest BCUT2D eigenvalue weighted by atomic mass is 10.0. The highest BCUT2D eigenvalue weighted by Crippen LogP contribution is 2.33. The molecule has 3 rings (SSSR count). The molecule has 1 aromatic heterocycles. The number of halogens is 1. The second kappa shape index (κ2) is 8.21. The Morgan fingerprint density at radius 2 is 2.15 bits per heavy atom. The van der Waals surface area contributed by atoms with Crippen molar-refractivity contribution >= 4 is 41.0 Å². The van der Waals surface area contributed by atoms with Crippen molar-refractivity contribution in [2.75, 3.05) is 0 Å². The number of carbonyl (C=O) groups is 2. The number of hydrogen-bond acceptors (Lipinski definition) is 6. The summed E-state index contributed by atoms with van der Waals surface area (Å²) in [5.41, 5.74) is 1.43. The zero-order chi connectivity index (χ0) is 19.6. The van der Waals surface area contributed by atoms with Gasteiger partial charge in [-0.1, -0.05) is 41.9 Å². The van der Waals surface area contributed by atoms with E-state index in [9.17, 15) is 14.7 Å². The average molecular weight is 407 g/mol. The van der Waals surface area contributed by atoms with E-state index in [4.69, 9.17) is 16.3 Å². The summed E-state index contributed by atoms with van der Waals surface area (Å²) in [5, 5.41) is 13.0. The number of ether oxygens (including phenoxy) is 1. The van der Waals surface area contributed by atoms with Crippen LogP contribution in [0.2, 0.25) is 0 Å². The van der Waals surface area contributed by atoms with Crippen LogP contribution in [0.5, 0.6) is 0 Å². The van der Waals surface area contributed by atoms with Gasteiger partial charge in [-0.2, -0.15) is 0 Å². The minimum absolute atomic E-state index is 0.0912. The molecule has 1 aliphatic rings. The summed E-state index contributed by atoms with van der Waals surface area (Å²) >= 11 is 7.57. The van der Waals surface area contributed by atoms with Crippen LogP contribution in [0.15, 0.2) is 40.7 Å². The summed E-state index contributed by atoms with van der Waals surface area (Å²) in [4.78, 5) is 30.1. The van der Waals surface area contributed by atoms with Crippen molar-refractivity contribution in [1.29, 1.82) is 0 Å². The van der Waals surface area contributed by atoms with E-state index < -0.39 is 30.3 Å². The van der Waals surface area contributed by atoms with Gasteiger partial charge in [0.25, 0.3) is 0 Å². The maximum Gasteiger partial charge on any atom is 0.417 e. The van der Waals surface area contributed by atoms with E-state index in [1.807, 2.05) is 37.3 Å². The van der Waals surface area contributed by atoms with E-state index in [1.165, 1.54) is 17.4 Å². The van der Waals surface area contributed by atoms with Crippen LogP contribution in [0.1, 0.15) is 35.7 Å². The molecule has 8 heteroatoms. The summed E-state index contributed by atoms with van der Waals surface area (Å²) in [6, 6.07) is 8.74. The predicted octanol–water partition coefficient (Wildman–Crippen LogP) is 3.89. The lowest BCUT2D eigenvalue weighted by Gasteiger charge is -2.20. The number of amides is 2. The van der Waals surface area contributed by atoms with Gasteiger partial charge >= 0.3 is 6.09 Å². The quantitative estimate of drug-likeness (QED) is 0.814. The van der Waals surface area contributed by atoms with Crippen molar-refractivity contribution in [3.63, 3.8) is 0 Å². The lowest BCUT2D eigenvalue weighted by molar-refractivity contribution is -0.130. The molecule has 27 heavy (non-hydrogen) atoms. The molecule has 2 amide bonds. The van der Waals surface area contributed by atoms with Crippen molar-refractivity contribution in [2.24, 2.45) is 0 Å². The van der Waals surface area contributed by atoms with Crippen LogP contribution in [0.4, 0.5) is 4.79 Å². The number of cyclic esters (lactones) is 1. The molecule has 1 saturated heterocycles. The van der Waals surface area contributed by atoms with Crippen LogP contribution in [-0.4, -0.2) is 39.1 Å². The van der Waals surface area contributed by atoms with Crippen LogP contribution in [0.25, 0.3) is 6.08 Å². The Hall–Kier alpha value is -2.22. The summed E-state index contributed by atoms with van der Waals surface area (Å²) in [5.74, 6) is -0.542. The summed E-state index contributed by atoms with van der Waals surface area (Å²) < 4.78 is 5.36. The number of aliphatic hydroxyl groups excluding tert-OH is 1. The maximum atomic E-state index is 12.6. The molecule has 0 bridgehead atoms. The van der Waals surface area contributed by atoms with Crippen LogP contribution in [0.3, 0.4) is 0 Å². The van der Waals surface area contributed by atoms with Crippen molar-refractivity contribution in [1.82, 2.24) is 9.88 Å². The number of thiazole rings is 1. The van der Waals surface area contributed by atoms with Crippen LogP contribution >= 0.6 is 22.9 Å². The first-order valence-electron chi connectivity index (χ1n) is 8.41. The van der Waals surface area contributed by atoms with Crippen molar-refractivity contribution in [3.8, 4) is 0 Å². The number of carbonyl (C=O) groups excluding carboxylic acids is 2. The van der Waals surface area contributed by atoms with Crippen LogP contribution in [-0.2, 0) is 9.53 Å². The van der Waals surface area contributed by atoms with Gasteiger partial charge in [0, 0.05) is 10.4 Å². The molecule has 0 aliphatic carbocycles. The molecular formula is C19H19ClN2O4S. The fourth-order valence-corrected chi connectivity index (χ4v) is 3.69. The molecule has 2 aromatic rings. The molecule has 2 heterocycles. The molecule has 0 radical (unpaired) electrons.